The summed E-state index contributed by atoms with van der Waals surface area (Å²) < 4.78 is 5.22. The summed E-state index contributed by atoms with van der Waals surface area (Å²) in [7, 11) is 0. The number of piperidine rings is 1. The molecule has 3 rings (SSSR count). The van der Waals surface area contributed by atoms with Crippen LogP contribution in [-0.2, 0) is 16.0 Å². The van der Waals surface area contributed by atoms with E-state index in [1.807, 2.05) is 18.7 Å². The highest BCUT2D eigenvalue weighted by Gasteiger charge is 2.29. The molecule has 150 valence electrons. The average Bonchev–Trinajstić information content (AvgIpc) is 3.03. The van der Waals surface area contributed by atoms with E-state index in [-0.39, 0.29) is 17.8 Å². The SMILES string of the molecule is CCOC(=O)c1c(NC(=O)C2CCCN(c3ncccn3)C2)sc(C)c1CC. The summed E-state index contributed by atoms with van der Waals surface area (Å²) >= 11 is 1.44. The van der Waals surface area contributed by atoms with Gasteiger partial charge in [0.2, 0.25) is 11.9 Å². The topological polar surface area (TPSA) is 84.4 Å². The Balaban J connectivity index is 1.76. The molecule has 1 amide bonds. The number of nitrogens with zero attached hydrogens (tertiary/aromatic N) is 3. The maximum Gasteiger partial charge on any atom is 0.341 e. The Morgan fingerprint density at radius 2 is 2.07 bits per heavy atom. The predicted octanol–water partition coefficient (Wildman–Crippen LogP) is 3.44. The molecular weight excluding hydrogens is 376 g/mol. The third-order valence-electron chi connectivity index (χ3n) is 4.91. The van der Waals surface area contributed by atoms with Gasteiger partial charge < -0.3 is 15.0 Å². The van der Waals surface area contributed by atoms with E-state index in [0.717, 1.165) is 36.2 Å². The van der Waals surface area contributed by atoms with Crippen LogP contribution in [-0.4, -0.2) is 41.5 Å². The Hall–Kier alpha value is -2.48. The van der Waals surface area contributed by atoms with Gasteiger partial charge >= 0.3 is 5.97 Å². The van der Waals surface area contributed by atoms with Crippen LogP contribution in [0.4, 0.5) is 10.9 Å². The Labute approximate surface area is 169 Å². The van der Waals surface area contributed by atoms with Crippen molar-refractivity contribution in [1.82, 2.24) is 9.97 Å². The zero-order chi connectivity index (χ0) is 20.1. The quantitative estimate of drug-likeness (QED) is 0.745. The van der Waals surface area contributed by atoms with Crippen molar-refractivity contribution in [2.75, 3.05) is 29.9 Å². The van der Waals surface area contributed by atoms with Gasteiger partial charge in [0, 0.05) is 30.4 Å². The van der Waals surface area contributed by atoms with Gasteiger partial charge in [0.1, 0.15) is 5.00 Å². The molecule has 0 aliphatic carbocycles. The largest absolute Gasteiger partial charge is 0.462 e. The zero-order valence-electron chi connectivity index (χ0n) is 16.5. The second-order valence-electron chi connectivity index (χ2n) is 6.74. The number of carbonyl (C=O) groups is 2. The summed E-state index contributed by atoms with van der Waals surface area (Å²) in [6.45, 7) is 7.46. The molecule has 1 aliphatic heterocycles. The standard InChI is InChI=1S/C20H26N4O3S/c1-4-15-13(3)28-18(16(15)19(26)27-5-2)23-17(25)14-8-6-11-24(12-14)20-21-9-7-10-22-20/h7,9-10,14H,4-6,8,11-12H2,1-3H3,(H,23,25). The molecule has 0 radical (unpaired) electrons. The number of thiophene rings is 1. The average molecular weight is 403 g/mol. The van der Waals surface area contributed by atoms with Gasteiger partial charge in [0.25, 0.3) is 0 Å². The lowest BCUT2D eigenvalue weighted by Crippen LogP contribution is -2.41. The number of nitrogens with one attached hydrogen (secondary N) is 1. The van der Waals surface area contributed by atoms with E-state index in [4.69, 9.17) is 4.74 Å². The molecule has 1 saturated heterocycles. The van der Waals surface area contributed by atoms with E-state index in [1.54, 1.807) is 25.4 Å². The fourth-order valence-electron chi connectivity index (χ4n) is 3.55. The molecule has 1 fully saturated rings. The molecular formula is C20H26N4O3S. The van der Waals surface area contributed by atoms with Crippen LogP contribution in [0.2, 0.25) is 0 Å². The molecule has 8 heteroatoms. The molecule has 0 spiro atoms. The summed E-state index contributed by atoms with van der Waals surface area (Å²) in [5.41, 5.74) is 1.45. The van der Waals surface area contributed by atoms with Crippen molar-refractivity contribution >= 4 is 34.2 Å². The lowest BCUT2D eigenvalue weighted by atomic mass is 9.97. The monoisotopic (exact) mass is 402 g/mol. The molecule has 28 heavy (non-hydrogen) atoms. The summed E-state index contributed by atoms with van der Waals surface area (Å²) in [5.74, 6) is 0.0181. The van der Waals surface area contributed by atoms with E-state index >= 15 is 0 Å². The molecule has 2 aromatic rings. The minimum Gasteiger partial charge on any atom is -0.462 e. The van der Waals surface area contributed by atoms with Gasteiger partial charge in [0.15, 0.2) is 0 Å². The lowest BCUT2D eigenvalue weighted by molar-refractivity contribution is -0.120. The van der Waals surface area contributed by atoms with Gasteiger partial charge in [-0.1, -0.05) is 6.92 Å². The smallest absolute Gasteiger partial charge is 0.341 e. The highest BCUT2D eigenvalue weighted by atomic mass is 32.1. The third kappa shape index (κ3) is 4.32. The van der Waals surface area contributed by atoms with E-state index in [0.29, 0.717) is 29.7 Å². The minimum atomic E-state index is -0.373. The van der Waals surface area contributed by atoms with Crippen molar-refractivity contribution in [3.63, 3.8) is 0 Å². The highest BCUT2D eigenvalue weighted by molar-refractivity contribution is 7.16. The second-order valence-corrected chi connectivity index (χ2v) is 7.96. The molecule has 1 atom stereocenters. The number of carbonyl (C=O) groups excluding carboxylic acids is 2. The first-order valence-corrected chi connectivity index (χ1v) is 10.5. The van der Waals surface area contributed by atoms with Crippen LogP contribution in [0.25, 0.3) is 0 Å². The van der Waals surface area contributed by atoms with Gasteiger partial charge in [-0.05, 0) is 44.7 Å². The van der Waals surface area contributed by atoms with Crippen molar-refractivity contribution in [3.05, 3.63) is 34.5 Å². The molecule has 0 bridgehead atoms. The Morgan fingerprint density at radius 3 is 2.75 bits per heavy atom. The predicted molar refractivity (Wildman–Crippen MR) is 110 cm³/mol. The number of aryl methyl sites for hydroxylation is 1. The first-order valence-electron chi connectivity index (χ1n) is 9.67. The Kier molecular flexibility index (Phi) is 6.61. The number of hydrogen-bond donors (Lipinski definition) is 1. The van der Waals surface area contributed by atoms with Gasteiger partial charge in [-0.15, -0.1) is 11.3 Å². The molecule has 3 heterocycles. The van der Waals surface area contributed by atoms with Gasteiger partial charge in [0.05, 0.1) is 18.1 Å². The van der Waals surface area contributed by atoms with Crippen molar-refractivity contribution in [1.29, 1.82) is 0 Å². The first kappa shape index (κ1) is 20.3. The van der Waals surface area contributed by atoms with Gasteiger partial charge in [-0.2, -0.15) is 0 Å². The van der Waals surface area contributed by atoms with Gasteiger partial charge in [-0.3, -0.25) is 4.79 Å². The molecule has 1 N–H and O–H groups in total. The van der Waals surface area contributed by atoms with E-state index < -0.39 is 0 Å². The second kappa shape index (κ2) is 9.14. The van der Waals surface area contributed by atoms with Crippen LogP contribution in [0.3, 0.4) is 0 Å². The third-order valence-corrected chi connectivity index (χ3v) is 5.97. The molecule has 0 aromatic carbocycles. The molecule has 1 aliphatic rings. The van der Waals surface area contributed by atoms with Crippen molar-refractivity contribution in [2.24, 2.45) is 5.92 Å². The Bertz CT molecular complexity index is 837. The number of rotatable bonds is 6. The molecule has 2 aromatic heterocycles. The Morgan fingerprint density at radius 1 is 1.32 bits per heavy atom. The van der Waals surface area contributed by atoms with Gasteiger partial charge in [-0.25, -0.2) is 14.8 Å². The van der Waals surface area contributed by atoms with Crippen molar-refractivity contribution < 1.29 is 14.3 Å². The minimum absolute atomic E-state index is 0.0740. The van der Waals surface area contributed by atoms with Crippen LogP contribution in [0.5, 0.6) is 0 Å². The molecule has 1 unspecified atom stereocenters. The van der Waals surface area contributed by atoms with Crippen LogP contribution in [0.15, 0.2) is 18.5 Å². The summed E-state index contributed by atoms with van der Waals surface area (Å²) in [6, 6.07) is 1.78. The number of anilines is 2. The summed E-state index contributed by atoms with van der Waals surface area (Å²) in [4.78, 5) is 37.1. The zero-order valence-corrected chi connectivity index (χ0v) is 17.3. The first-order chi connectivity index (χ1) is 13.5. The van der Waals surface area contributed by atoms with Crippen molar-refractivity contribution in [2.45, 2.75) is 40.0 Å². The fourth-order valence-corrected chi connectivity index (χ4v) is 4.69. The van der Waals surface area contributed by atoms with Crippen LogP contribution in [0.1, 0.15) is 47.5 Å². The molecule has 7 nitrogen and oxygen atoms in total. The summed E-state index contributed by atoms with van der Waals surface area (Å²) in [6.07, 6.45) is 5.82. The number of aromatic nitrogens is 2. The van der Waals surface area contributed by atoms with Crippen LogP contribution < -0.4 is 10.2 Å². The number of hydrogen-bond acceptors (Lipinski definition) is 7. The van der Waals surface area contributed by atoms with Crippen LogP contribution >= 0.6 is 11.3 Å². The fraction of sp³-hybridized carbons (Fsp3) is 0.500. The number of amides is 1. The lowest BCUT2D eigenvalue weighted by Gasteiger charge is -2.31. The summed E-state index contributed by atoms with van der Waals surface area (Å²) in [5, 5.41) is 3.59. The maximum atomic E-state index is 13.0. The maximum absolute atomic E-state index is 13.0. The number of ether oxygens (including phenoxy) is 1. The van der Waals surface area contributed by atoms with Crippen molar-refractivity contribution in [3.8, 4) is 0 Å². The van der Waals surface area contributed by atoms with Crippen LogP contribution in [0, 0.1) is 12.8 Å². The number of esters is 1. The highest BCUT2D eigenvalue weighted by Crippen LogP contribution is 2.35. The molecule has 0 saturated carbocycles. The van der Waals surface area contributed by atoms with E-state index in [2.05, 4.69) is 15.3 Å². The normalized spacial score (nSPS) is 16.7. The van der Waals surface area contributed by atoms with E-state index in [1.165, 1.54) is 11.3 Å². The van der Waals surface area contributed by atoms with E-state index in [9.17, 15) is 9.59 Å².